The van der Waals surface area contributed by atoms with Crippen molar-refractivity contribution in [1.82, 2.24) is 20.0 Å². The van der Waals surface area contributed by atoms with Gasteiger partial charge in [0.2, 0.25) is 0 Å². The van der Waals surface area contributed by atoms with Crippen LogP contribution in [0.25, 0.3) is 4.96 Å². The van der Waals surface area contributed by atoms with Gasteiger partial charge in [-0.05, 0) is 25.5 Å². The Morgan fingerprint density at radius 2 is 2.18 bits per heavy atom. The second-order valence-electron chi connectivity index (χ2n) is 6.33. The summed E-state index contributed by atoms with van der Waals surface area (Å²) < 4.78 is 13.0. The molecule has 0 fully saturated rings. The summed E-state index contributed by atoms with van der Waals surface area (Å²) in [7, 11) is 1.67. The maximum Gasteiger partial charge on any atom is 0.193 e. The Bertz CT molecular complexity index is 890. The number of methoxy groups -OCH3 is 1. The van der Waals surface area contributed by atoms with Crippen molar-refractivity contribution in [3.8, 4) is 5.75 Å². The molecule has 28 heavy (non-hydrogen) atoms. The van der Waals surface area contributed by atoms with Gasteiger partial charge in [0.25, 0.3) is 0 Å². The van der Waals surface area contributed by atoms with E-state index < -0.39 is 0 Å². The number of hydrogen-bond acceptors (Lipinski definition) is 5. The summed E-state index contributed by atoms with van der Waals surface area (Å²) in [4.78, 5) is 10.3. The van der Waals surface area contributed by atoms with E-state index in [9.17, 15) is 0 Å². The molecular formula is C20H27N5O2S. The molecule has 0 radical (unpaired) electrons. The minimum absolute atomic E-state index is 0.520. The molecule has 0 aliphatic heterocycles. The third-order valence-corrected chi connectivity index (χ3v) is 4.87. The molecule has 0 bridgehead atoms. The molecule has 0 atom stereocenters. The number of thiazole rings is 1. The molecule has 3 rings (SSSR count). The Balaban J connectivity index is 1.65. The van der Waals surface area contributed by atoms with E-state index in [1.54, 1.807) is 18.4 Å². The van der Waals surface area contributed by atoms with Crippen LogP contribution in [0.5, 0.6) is 5.75 Å². The lowest BCUT2D eigenvalue weighted by atomic mass is 10.1. The minimum atomic E-state index is 0.520. The highest BCUT2D eigenvalue weighted by Crippen LogP contribution is 2.21. The standard InChI is InChI=1S/C20H27N5O2S/c1-4-21-19(23-13-17-14-25-7-10-28-20(25)24-17)22-12-16-6-5-15(2)11-18(16)27-9-8-26-3/h5-7,10-11,14H,4,8-9,12-13H2,1-3H3,(H2,21,22,23). The van der Waals surface area contributed by atoms with Gasteiger partial charge in [-0.2, -0.15) is 0 Å². The lowest BCUT2D eigenvalue weighted by Crippen LogP contribution is -2.36. The number of hydrogen-bond donors (Lipinski definition) is 2. The second-order valence-corrected chi connectivity index (χ2v) is 7.20. The molecule has 2 heterocycles. The Kier molecular flexibility index (Phi) is 7.27. The number of rotatable bonds is 9. The number of benzene rings is 1. The van der Waals surface area contributed by atoms with Crippen LogP contribution in [0.2, 0.25) is 0 Å². The van der Waals surface area contributed by atoms with Gasteiger partial charge in [-0.25, -0.2) is 9.98 Å². The Labute approximate surface area is 169 Å². The summed E-state index contributed by atoms with van der Waals surface area (Å²) >= 11 is 1.63. The van der Waals surface area contributed by atoms with Gasteiger partial charge < -0.3 is 20.1 Å². The predicted octanol–water partition coefficient (Wildman–Crippen LogP) is 2.98. The zero-order valence-corrected chi connectivity index (χ0v) is 17.4. The highest BCUT2D eigenvalue weighted by atomic mass is 32.1. The minimum Gasteiger partial charge on any atom is -0.491 e. The first kappa shape index (κ1) is 20.2. The van der Waals surface area contributed by atoms with Crippen molar-refractivity contribution in [3.63, 3.8) is 0 Å². The summed E-state index contributed by atoms with van der Waals surface area (Å²) in [5.74, 6) is 1.60. The zero-order valence-electron chi connectivity index (χ0n) is 16.6. The number of guanidine groups is 1. The number of imidazole rings is 1. The molecule has 0 spiro atoms. The van der Waals surface area contributed by atoms with Gasteiger partial charge in [0.05, 0.1) is 25.4 Å². The number of nitrogens with one attached hydrogen (secondary N) is 2. The largest absolute Gasteiger partial charge is 0.491 e. The predicted molar refractivity (Wildman–Crippen MR) is 113 cm³/mol. The van der Waals surface area contributed by atoms with E-state index in [-0.39, 0.29) is 0 Å². The first-order valence-corrected chi connectivity index (χ1v) is 10.2. The van der Waals surface area contributed by atoms with E-state index in [1.807, 2.05) is 28.2 Å². The fourth-order valence-electron chi connectivity index (χ4n) is 2.70. The molecule has 150 valence electrons. The average Bonchev–Trinajstić information content (AvgIpc) is 3.27. The van der Waals surface area contributed by atoms with E-state index in [1.165, 1.54) is 0 Å². The lowest BCUT2D eigenvalue weighted by molar-refractivity contribution is 0.145. The van der Waals surface area contributed by atoms with Crippen molar-refractivity contribution in [3.05, 3.63) is 52.8 Å². The van der Waals surface area contributed by atoms with Gasteiger partial charge in [0, 0.05) is 37.0 Å². The smallest absolute Gasteiger partial charge is 0.193 e. The summed E-state index contributed by atoms with van der Waals surface area (Å²) in [5.41, 5.74) is 3.18. The van der Waals surface area contributed by atoms with Crippen LogP contribution in [0.15, 0.2) is 41.0 Å². The molecule has 8 heteroatoms. The molecule has 0 saturated carbocycles. The molecule has 0 aliphatic rings. The zero-order chi connectivity index (χ0) is 19.8. The number of aliphatic imine (C=N–C) groups is 1. The Morgan fingerprint density at radius 1 is 1.29 bits per heavy atom. The summed E-state index contributed by atoms with van der Waals surface area (Å²) in [5, 5.41) is 8.65. The highest BCUT2D eigenvalue weighted by molar-refractivity contribution is 7.15. The topological polar surface area (TPSA) is 72.2 Å². The molecule has 2 N–H and O–H groups in total. The average molecular weight is 402 g/mol. The highest BCUT2D eigenvalue weighted by Gasteiger charge is 2.07. The van der Waals surface area contributed by atoms with Crippen molar-refractivity contribution in [2.24, 2.45) is 4.99 Å². The first-order chi connectivity index (χ1) is 13.7. The Morgan fingerprint density at radius 3 is 2.96 bits per heavy atom. The van der Waals surface area contributed by atoms with Crippen molar-refractivity contribution >= 4 is 22.3 Å². The molecule has 3 aromatic rings. The maximum absolute atomic E-state index is 5.86. The summed E-state index contributed by atoms with van der Waals surface area (Å²) in [6, 6.07) is 6.18. The van der Waals surface area contributed by atoms with Crippen LogP contribution in [0, 0.1) is 6.92 Å². The maximum atomic E-state index is 5.86. The lowest BCUT2D eigenvalue weighted by Gasteiger charge is -2.13. The van der Waals surface area contributed by atoms with Gasteiger partial charge >= 0.3 is 0 Å². The molecule has 1 aromatic carbocycles. The number of nitrogens with zero attached hydrogens (tertiary/aromatic N) is 3. The fraction of sp³-hybridized carbons (Fsp3) is 0.400. The van der Waals surface area contributed by atoms with Crippen LogP contribution in [0.4, 0.5) is 0 Å². The third kappa shape index (κ3) is 5.46. The Hall–Kier alpha value is -2.58. The van der Waals surface area contributed by atoms with E-state index in [4.69, 9.17) is 14.5 Å². The fourth-order valence-corrected chi connectivity index (χ4v) is 3.42. The van der Waals surface area contributed by atoms with Gasteiger partial charge in [0.15, 0.2) is 10.9 Å². The number of aryl methyl sites for hydroxylation is 1. The summed E-state index contributed by atoms with van der Waals surface area (Å²) in [6.07, 6.45) is 4.04. The van der Waals surface area contributed by atoms with E-state index in [0.29, 0.717) is 26.3 Å². The molecule has 7 nitrogen and oxygen atoms in total. The molecule has 0 amide bonds. The van der Waals surface area contributed by atoms with Gasteiger partial charge in [-0.15, -0.1) is 11.3 Å². The SMILES string of the molecule is CCNC(=NCc1ccc(C)cc1OCCOC)NCc1cn2ccsc2n1. The number of fused-ring (bicyclic) bond motifs is 1. The van der Waals surface area contributed by atoms with Crippen molar-refractivity contribution in [2.75, 3.05) is 26.9 Å². The van der Waals surface area contributed by atoms with Crippen molar-refractivity contribution < 1.29 is 9.47 Å². The van der Waals surface area contributed by atoms with E-state index in [0.717, 1.165) is 40.0 Å². The molecule has 2 aromatic heterocycles. The summed E-state index contributed by atoms with van der Waals surface area (Å²) in [6.45, 7) is 7.11. The first-order valence-electron chi connectivity index (χ1n) is 9.34. The quantitative estimate of drug-likeness (QED) is 0.328. The van der Waals surface area contributed by atoms with Crippen LogP contribution < -0.4 is 15.4 Å². The third-order valence-electron chi connectivity index (χ3n) is 4.10. The monoisotopic (exact) mass is 401 g/mol. The van der Waals surface area contributed by atoms with Crippen LogP contribution in [0.1, 0.15) is 23.7 Å². The van der Waals surface area contributed by atoms with E-state index >= 15 is 0 Å². The number of ether oxygens (including phenoxy) is 2. The van der Waals surface area contributed by atoms with Crippen molar-refractivity contribution in [1.29, 1.82) is 0 Å². The second kappa shape index (κ2) is 10.1. The van der Waals surface area contributed by atoms with Gasteiger partial charge in [0.1, 0.15) is 12.4 Å². The van der Waals surface area contributed by atoms with E-state index in [2.05, 4.69) is 41.6 Å². The molecular weight excluding hydrogens is 374 g/mol. The van der Waals surface area contributed by atoms with Crippen LogP contribution >= 0.6 is 11.3 Å². The number of aromatic nitrogens is 2. The van der Waals surface area contributed by atoms with Gasteiger partial charge in [-0.1, -0.05) is 12.1 Å². The van der Waals surface area contributed by atoms with Crippen molar-refractivity contribution in [2.45, 2.75) is 26.9 Å². The molecule has 0 aliphatic carbocycles. The molecule has 0 unspecified atom stereocenters. The van der Waals surface area contributed by atoms with Crippen LogP contribution in [-0.4, -0.2) is 42.2 Å². The molecule has 0 saturated heterocycles. The van der Waals surface area contributed by atoms with Crippen LogP contribution in [0.3, 0.4) is 0 Å². The van der Waals surface area contributed by atoms with Gasteiger partial charge in [-0.3, -0.25) is 4.40 Å². The normalized spacial score (nSPS) is 11.8. The van der Waals surface area contributed by atoms with Crippen LogP contribution in [-0.2, 0) is 17.8 Å².